The number of hydrogen-bond donors (Lipinski definition) is 2. The molecule has 0 spiro atoms. The van der Waals surface area contributed by atoms with Crippen LogP contribution in [0.15, 0.2) is 91.1 Å². The van der Waals surface area contributed by atoms with E-state index in [2.05, 4.69) is 17.2 Å². The average molecular weight is 459 g/mol. The predicted octanol–water partition coefficient (Wildman–Crippen LogP) is 7.10. The molecule has 0 fully saturated rings. The largest absolute Gasteiger partial charge is 0.416 e. The zero-order chi connectivity index (χ0) is 23.1. The molecule has 0 radical (unpaired) electrons. The number of likely N-dealkylation sites (N-methyl/N-ethyl adjacent to an activating group) is 1. The first-order valence-corrected chi connectivity index (χ1v) is 10.7. The van der Waals surface area contributed by atoms with Gasteiger partial charge in [-0.25, -0.2) is 0 Å². The Hall–Kier alpha value is -2.76. The van der Waals surface area contributed by atoms with Crippen molar-refractivity contribution in [2.75, 3.05) is 7.05 Å². The minimum Gasteiger partial charge on any atom is -0.390 e. The van der Waals surface area contributed by atoms with E-state index >= 15 is 0 Å². The zero-order valence-electron chi connectivity index (χ0n) is 17.8. The zero-order valence-corrected chi connectivity index (χ0v) is 18.5. The van der Waals surface area contributed by atoms with Gasteiger partial charge in [-0.15, -0.1) is 0 Å². The molecule has 0 aromatic heterocycles. The van der Waals surface area contributed by atoms with Gasteiger partial charge in [0.25, 0.3) is 0 Å². The molecule has 2 N–H and O–H groups in total. The standard InChI is InChI=1S/C26H26ClF3N2/c1-18(31-2)25(20-7-4-3-5-8-20)32-24(21-9-6-10-23(27)17-21)16-13-19-11-14-22(15-12-19)26(28,29)30/h3-12,14-15,17,24-25,31-32H,1,13,16H2,2H3/t24-,25+/m1/s1. The summed E-state index contributed by atoms with van der Waals surface area (Å²) in [5, 5.41) is 7.44. The monoisotopic (exact) mass is 458 g/mol. The normalized spacial score (nSPS) is 13.4. The quantitative estimate of drug-likeness (QED) is 0.357. The first-order valence-electron chi connectivity index (χ1n) is 10.4. The first-order chi connectivity index (χ1) is 15.3. The Morgan fingerprint density at radius 2 is 1.59 bits per heavy atom. The third-order valence-electron chi connectivity index (χ3n) is 5.42. The van der Waals surface area contributed by atoms with Gasteiger partial charge in [0.2, 0.25) is 0 Å². The van der Waals surface area contributed by atoms with Gasteiger partial charge in [0.15, 0.2) is 0 Å². The highest BCUT2D eigenvalue weighted by Crippen LogP contribution is 2.31. The summed E-state index contributed by atoms with van der Waals surface area (Å²) in [6, 6.07) is 22.7. The Balaban J connectivity index is 1.84. The molecule has 2 nitrogen and oxygen atoms in total. The van der Waals surface area contributed by atoms with Crippen molar-refractivity contribution < 1.29 is 13.2 Å². The van der Waals surface area contributed by atoms with Crippen molar-refractivity contribution in [2.24, 2.45) is 0 Å². The van der Waals surface area contributed by atoms with E-state index in [1.807, 2.05) is 61.6 Å². The van der Waals surface area contributed by atoms with E-state index in [1.54, 1.807) is 12.1 Å². The number of hydrogen-bond acceptors (Lipinski definition) is 2. The van der Waals surface area contributed by atoms with E-state index in [9.17, 15) is 13.2 Å². The maximum Gasteiger partial charge on any atom is 0.416 e. The molecule has 2 atom stereocenters. The van der Waals surface area contributed by atoms with Crippen LogP contribution in [0.25, 0.3) is 0 Å². The maximum atomic E-state index is 12.9. The third kappa shape index (κ3) is 6.38. The lowest BCUT2D eigenvalue weighted by Gasteiger charge is -2.28. The van der Waals surface area contributed by atoms with Crippen LogP contribution in [0.5, 0.6) is 0 Å². The number of rotatable bonds is 9. The van der Waals surface area contributed by atoms with E-state index in [0.717, 1.165) is 34.5 Å². The van der Waals surface area contributed by atoms with Crippen molar-refractivity contribution in [3.05, 3.63) is 118 Å². The second-order valence-electron chi connectivity index (χ2n) is 7.63. The smallest absolute Gasteiger partial charge is 0.390 e. The van der Waals surface area contributed by atoms with Gasteiger partial charge >= 0.3 is 6.18 Å². The molecule has 0 unspecified atom stereocenters. The molecule has 3 aromatic carbocycles. The molecule has 0 saturated heterocycles. The summed E-state index contributed by atoms with van der Waals surface area (Å²) in [5.41, 5.74) is 3.09. The molecule has 32 heavy (non-hydrogen) atoms. The number of alkyl halides is 3. The van der Waals surface area contributed by atoms with Crippen LogP contribution in [0.4, 0.5) is 13.2 Å². The molecule has 3 aromatic rings. The van der Waals surface area contributed by atoms with Gasteiger partial charge in [-0.1, -0.05) is 72.8 Å². The molecule has 0 aliphatic heterocycles. The first kappa shape index (κ1) is 23.9. The predicted molar refractivity (Wildman–Crippen MR) is 124 cm³/mol. The Morgan fingerprint density at radius 3 is 2.19 bits per heavy atom. The van der Waals surface area contributed by atoms with Gasteiger partial charge in [-0.3, -0.25) is 5.32 Å². The van der Waals surface area contributed by atoms with Gasteiger partial charge in [-0.2, -0.15) is 13.2 Å². The number of halogens is 4. The summed E-state index contributed by atoms with van der Waals surface area (Å²) in [5.74, 6) is 0. The average Bonchev–Trinajstić information content (AvgIpc) is 2.79. The lowest BCUT2D eigenvalue weighted by atomic mass is 9.95. The summed E-state index contributed by atoms with van der Waals surface area (Å²) < 4.78 is 38.6. The summed E-state index contributed by atoms with van der Waals surface area (Å²) in [6.07, 6.45) is -3.05. The van der Waals surface area contributed by atoms with Crippen LogP contribution in [0.2, 0.25) is 5.02 Å². The van der Waals surface area contributed by atoms with Crippen LogP contribution in [0, 0.1) is 0 Å². The molecule has 0 bridgehead atoms. The number of benzene rings is 3. The van der Waals surface area contributed by atoms with Crippen molar-refractivity contribution in [3.63, 3.8) is 0 Å². The maximum absolute atomic E-state index is 12.9. The second-order valence-corrected chi connectivity index (χ2v) is 8.06. The third-order valence-corrected chi connectivity index (χ3v) is 5.66. The van der Waals surface area contributed by atoms with Crippen molar-refractivity contribution >= 4 is 11.6 Å². The van der Waals surface area contributed by atoms with Gasteiger partial charge in [0.05, 0.1) is 11.6 Å². The molecule has 0 heterocycles. The van der Waals surface area contributed by atoms with E-state index in [-0.39, 0.29) is 12.1 Å². The van der Waals surface area contributed by atoms with Crippen LogP contribution in [-0.2, 0) is 12.6 Å². The molecule has 0 saturated carbocycles. The van der Waals surface area contributed by atoms with Crippen LogP contribution in [0.1, 0.15) is 40.8 Å². The summed E-state index contributed by atoms with van der Waals surface area (Å²) in [4.78, 5) is 0. The van der Waals surface area contributed by atoms with Crippen molar-refractivity contribution in [2.45, 2.75) is 31.1 Å². The van der Waals surface area contributed by atoms with E-state index in [1.165, 1.54) is 0 Å². The van der Waals surface area contributed by atoms with Crippen molar-refractivity contribution in [1.82, 2.24) is 10.6 Å². The van der Waals surface area contributed by atoms with Crippen LogP contribution in [-0.4, -0.2) is 7.05 Å². The molecule has 0 aliphatic carbocycles. The molecule has 3 rings (SSSR count). The lowest BCUT2D eigenvalue weighted by Crippen LogP contribution is -2.31. The van der Waals surface area contributed by atoms with Crippen molar-refractivity contribution in [3.8, 4) is 0 Å². The summed E-state index contributed by atoms with van der Waals surface area (Å²) in [6.45, 7) is 4.16. The Morgan fingerprint density at radius 1 is 0.938 bits per heavy atom. The molecule has 6 heteroatoms. The van der Waals surface area contributed by atoms with Gasteiger partial charge in [0, 0.05) is 23.8 Å². The van der Waals surface area contributed by atoms with Crippen molar-refractivity contribution in [1.29, 1.82) is 0 Å². The minimum absolute atomic E-state index is 0.0914. The Bertz CT molecular complexity index is 1020. The highest BCUT2D eigenvalue weighted by molar-refractivity contribution is 6.30. The summed E-state index contributed by atoms with van der Waals surface area (Å²) in [7, 11) is 1.83. The van der Waals surface area contributed by atoms with E-state index in [0.29, 0.717) is 17.9 Å². The fourth-order valence-corrected chi connectivity index (χ4v) is 3.83. The Labute approximate surface area is 192 Å². The fourth-order valence-electron chi connectivity index (χ4n) is 3.63. The van der Waals surface area contributed by atoms with Gasteiger partial charge in [0.1, 0.15) is 0 Å². The lowest BCUT2D eigenvalue weighted by molar-refractivity contribution is -0.137. The number of aryl methyl sites for hydroxylation is 1. The molecule has 0 aliphatic rings. The number of nitrogens with one attached hydrogen (secondary N) is 2. The van der Waals surface area contributed by atoms with Crippen LogP contribution < -0.4 is 10.6 Å². The van der Waals surface area contributed by atoms with Gasteiger partial charge in [-0.05, 0) is 53.8 Å². The topological polar surface area (TPSA) is 24.1 Å². The highest BCUT2D eigenvalue weighted by atomic mass is 35.5. The highest BCUT2D eigenvalue weighted by Gasteiger charge is 2.30. The SMILES string of the molecule is C=C(NC)[C@H](N[C@H](CCc1ccc(C(F)(F)F)cc1)c1cccc(Cl)c1)c1ccccc1. The van der Waals surface area contributed by atoms with Gasteiger partial charge < -0.3 is 5.32 Å². The van der Waals surface area contributed by atoms with Crippen LogP contribution in [0.3, 0.4) is 0 Å². The van der Waals surface area contributed by atoms with E-state index in [4.69, 9.17) is 11.6 Å². The second kappa shape index (κ2) is 10.7. The molecular weight excluding hydrogens is 433 g/mol. The fraction of sp³-hybridized carbons (Fsp3) is 0.231. The molecular formula is C26H26ClF3N2. The molecule has 0 amide bonds. The minimum atomic E-state index is -4.33. The van der Waals surface area contributed by atoms with E-state index < -0.39 is 11.7 Å². The molecule has 168 valence electrons. The van der Waals surface area contributed by atoms with Crippen LogP contribution >= 0.6 is 11.6 Å². The summed E-state index contributed by atoms with van der Waals surface area (Å²) >= 11 is 6.25. The Kier molecular flexibility index (Phi) is 7.99.